The molecule has 2 heterocycles. The number of carbonyl (C=O) groups is 3. The van der Waals surface area contributed by atoms with E-state index in [1.807, 2.05) is 0 Å². The Morgan fingerprint density at radius 1 is 1.41 bits per heavy atom. The fourth-order valence-corrected chi connectivity index (χ4v) is 1.29. The van der Waals surface area contributed by atoms with E-state index >= 15 is 0 Å². The number of nitrogens with one attached hydrogen (secondary N) is 1. The zero-order valence-corrected chi connectivity index (χ0v) is 8.75. The summed E-state index contributed by atoms with van der Waals surface area (Å²) in [7, 11) is 0. The van der Waals surface area contributed by atoms with Gasteiger partial charge >= 0.3 is 5.97 Å². The Bertz CT molecular complexity index is 462. The molecule has 88 valence electrons. The van der Waals surface area contributed by atoms with Gasteiger partial charge in [-0.05, 0) is 6.08 Å². The molecule has 0 atom stereocenters. The topological polar surface area (TPSA) is 92.4 Å². The van der Waals surface area contributed by atoms with Crippen LogP contribution < -0.4 is 0 Å². The quantitative estimate of drug-likeness (QED) is 0.589. The molecule has 2 rings (SSSR count). The minimum Gasteiger partial charge on any atom is -0.351 e. The van der Waals surface area contributed by atoms with Gasteiger partial charge in [0.1, 0.15) is 0 Å². The maximum absolute atomic E-state index is 11.3. The minimum absolute atomic E-state index is 0.0786. The number of aromatic amines is 1. The van der Waals surface area contributed by atoms with Crippen molar-refractivity contribution in [3.05, 3.63) is 24.3 Å². The third kappa shape index (κ3) is 2.57. The molecule has 1 aromatic heterocycles. The van der Waals surface area contributed by atoms with Crippen molar-refractivity contribution < 1.29 is 19.2 Å². The number of nitrogens with zero attached hydrogens (tertiary/aromatic N) is 2. The van der Waals surface area contributed by atoms with Gasteiger partial charge in [-0.15, -0.1) is 5.06 Å². The normalized spacial score (nSPS) is 15.9. The average molecular weight is 235 g/mol. The number of H-pyrrole nitrogens is 1. The zero-order chi connectivity index (χ0) is 12.3. The van der Waals surface area contributed by atoms with E-state index in [0.717, 1.165) is 6.08 Å². The van der Waals surface area contributed by atoms with E-state index in [1.54, 1.807) is 6.20 Å². The summed E-state index contributed by atoms with van der Waals surface area (Å²) in [5.74, 6) is -1.80. The first-order valence-corrected chi connectivity index (χ1v) is 4.91. The molecule has 1 fully saturated rings. The number of rotatable bonds is 3. The van der Waals surface area contributed by atoms with Crippen molar-refractivity contribution >= 4 is 23.9 Å². The van der Waals surface area contributed by atoms with Gasteiger partial charge in [0.2, 0.25) is 0 Å². The zero-order valence-electron chi connectivity index (χ0n) is 8.75. The van der Waals surface area contributed by atoms with Crippen LogP contribution in [0.25, 0.3) is 6.08 Å². The Morgan fingerprint density at radius 3 is 2.71 bits per heavy atom. The molecule has 1 N–H and O–H groups in total. The molecule has 2 amide bonds. The van der Waals surface area contributed by atoms with E-state index < -0.39 is 17.8 Å². The van der Waals surface area contributed by atoms with Crippen LogP contribution >= 0.6 is 0 Å². The summed E-state index contributed by atoms with van der Waals surface area (Å²) in [5, 5.41) is 0.497. The molecule has 0 radical (unpaired) electrons. The third-order valence-corrected chi connectivity index (χ3v) is 2.10. The summed E-state index contributed by atoms with van der Waals surface area (Å²) in [6.07, 6.45) is 5.69. The van der Waals surface area contributed by atoms with E-state index in [9.17, 15) is 14.4 Å². The van der Waals surface area contributed by atoms with E-state index in [2.05, 4.69) is 14.8 Å². The van der Waals surface area contributed by atoms with Gasteiger partial charge in [0.05, 0.1) is 12.0 Å². The number of aromatic nitrogens is 2. The largest absolute Gasteiger partial charge is 0.356 e. The van der Waals surface area contributed by atoms with Crippen LogP contribution in [0.1, 0.15) is 18.5 Å². The molecule has 0 bridgehead atoms. The molecule has 17 heavy (non-hydrogen) atoms. The lowest BCUT2D eigenvalue weighted by Gasteiger charge is -2.10. The lowest BCUT2D eigenvalue weighted by Crippen LogP contribution is -2.31. The SMILES string of the molecule is O=C(C=Cc1c[nH]cn1)ON1C(=O)CCC1=O. The van der Waals surface area contributed by atoms with E-state index in [0.29, 0.717) is 10.8 Å². The number of imidazole rings is 1. The number of hydrogen-bond acceptors (Lipinski definition) is 5. The predicted molar refractivity (Wildman–Crippen MR) is 54.8 cm³/mol. The van der Waals surface area contributed by atoms with Gasteiger partial charge in [0.15, 0.2) is 0 Å². The smallest absolute Gasteiger partial charge is 0.351 e. The molecule has 7 nitrogen and oxygen atoms in total. The van der Waals surface area contributed by atoms with Crippen LogP contribution in [0.4, 0.5) is 0 Å². The molecule has 1 aromatic rings. The Hall–Kier alpha value is -2.44. The lowest BCUT2D eigenvalue weighted by atomic mass is 10.4. The molecule has 0 unspecified atom stereocenters. The van der Waals surface area contributed by atoms with Crippen LogP contribution in [0.3, 0.4) is 0 Å². The van der Waals surface area contributed by atoms with Gasteiger partial charge in [0.25, 0.3) is 11.8 Å². The first-order chi connectivity index (χ1) is 8.16. The fraction of sp³-hybridized carbons (Fsp3) is 0.200. The highest BCUT2D eigenvalue weighted by atomic mass is 16.7. The van der Waals surface area contributed by atoms with Gasteiger partial charge in [-0.1, -0.05) is 0 Å². The second-order valence-corrected chi connectivity index (χ2v) is 3.32. The maximum Gasteiger partial charge on any atom is 0.356 e. The molecule has 1 aliphatic heterocycles. The standard InChI is InChI=1S/C10H9N3O4/c14-8-2-3-9(15)13(8)17-10(16)4-1-7-5-11-6-12-7/h1,4-6H,2-3H2,(H,11,12). The summed E-state index contributed by atoms with van der Waals surface area (Å²) in [6, 6.07) is 0. The van der Waals surface area contributed by atoms with Crippen LogP contribution in [-0.2, 0) is 19.2 Å². The highest BCUT2D eigenvalue weighted by molar-refractivity contribution is 6.02. The number of amides is 2. The van der Waals surface area contributed by atoms with Crippen molar-refractivity contribution in [1.29, 1.82) is 0 Å². The summed E-state index contributed by atoms with van der Waals surface area (Å²) >= 11 is 0. The molecule has 0 aliphatic carbocycles. The Kier molecular flexibility index (Phi) is 2.99. The highest BCUT2D eigenvalue weighted by Crippen LogP contribution is 2.12. The molecule has 7 heteroatoms. The van der Waals surface area contributed by atoms with E-state index in [-0.39, 0.29) is 12.8 Å². The highest BCUT2D eigenvalue weighted by Gasteiger charge is 2.32. The monoisotopic (exact) mass is 235 g/mol. The lowest BCUT2D eigenvalue weighted by molar-refractivity contribution is -0.193. The van der Waals surface area contributed by atoms with Crippen LogP contribution in [0.5, 0.6) is 0 Å². The molecule has 0 spiro atoms. The summed E-state index contributed by atoms with van der Waals surface area (Å²) < 4.78 is 0. The Balaban J connectivity index is 1.93. The number of hydrogen-bond donors (Lipinski definition) is 1. The molecule has 0 aromatic carbocycles. The molecule has 1 saturated heterocycles. The van der Waals surface area contributed by atoms with Gasteiger partial charge in [-0.2, -0.15) is 0 Å². The Morgan fingerprint density at radius 2 is 2.12 bits per heavy atom. The van der Waals surface area contributed by atoms with Crippen LogP contribution in [-0.4, -0.2) is 32.8 Å². The average Bonchev–Trinajstić information content (AvgIpc) is 2.91. The van der Waals surface area contributed by atoms with Crippen molar-refractivity contribution in [2.24, 2.45) is 0 Å². The Labute approximate surface area is 96.0 Å². The van der Waals surface area contributed by atoms with Crippen LogP contribution in [0.2, 0.25) is 0 Å². The van der Waals surface area contributed by atoms with Gasteiger partial charge in [0, 0.05) is 25.1 Å². The maximum atomic E-state index is 11.3. The van der Waals surface area contributed by atoms with Crippen LogP contribution in [0, 0.1) is 0 Å². The van der Waals surface area contributed by atoms with Gasteiger partial charge < -0.3 is 9.82 Å². The van der Waals surface area contributed by atoms with Crippen molar-refractivity contribution in [2.75, 3.05) is 0 Å². The molecular formula is C10H9N3O4. The van der Waals surface area contributed by atoms with Crippen molar-refractivity contribution in [1.82, 2.24) is 15.0 Å². The molecule has 0 saturated carbocycles. The summed E-state index contributed by atoms with van der Waals surface area (Å²) in [5.41, 5.74) is 0.543. The van der Waals surface area contributed by atoms with E-state index in [4.69, 9.17) is 0 Å². The third-order valence-electron chi connectivity index (χ3n) is 2.10. The minimum atomic E-state index is -0.795. The first-order valence-electron chi connectivity index (χ1n) is 4.91. The first kappa shape index (κ1) is 11.1. The summed E-state index contributed by atoms with van der Waals surface area (Å²) in [6.45, 7) is 0. The van der Waals surface area contributed by atoms with Gasteiger partial charge in [-0.3, -0.25) is 9.59 Å². The fourth-order valence-electron chi connectivity index (χ4n) is 1.29. The predicted octanol–water partition coefficient (Wildman–Crippen LogP) is 0.0301. The molecular weight excluding hydrogens is 226 g/mol. The number of imide groups is 1. The number of hydroxylamine groups is 2. The van der Waals surface area contributed by atoms with Crippen LogP contribution in [0.15, 0.2) is 18.6 Å². The second-order valence-electron chi connectivity index (χ2n) is 3.32. The van der Waals surface area contributed by atoms with Crippen molar-refractivity contribution in [3.8, 4) is 0 Å². The van der Waals surface area contributed by atoms with Crippen molar-refractivity contribution in [3.63, 3.8) is 0 Å². The van der Waals surface area contributed by atoms with Gasteiger partial charge in [-0.25, -0.2) is 9.78 Å². The number of carbonyl (C=O) groups excluding carboxylic acids is 3. The van der Waals surface area contributed by atoms with E-state index in [1.165, 1.54) is 12.4 Å². The van der Waals surface area contributed by atoms with Crippen molar-refractivity contribution in [2.45, 2.75) is 12.8 Å². The second kappa shape index (κ2) is 4.60. The summed E-state index contributed by atoms with van der Waals surface area (Å²) in [4.78, 5) is 44.7. The molecule has 1 aliphatic rings.